The topological polar surface area (TPSA) is 68.9 Å². The monoisotopic (exact) mass is 387 g/mol. The lowest BCUT2D eigenvalue weighted by Gasteiger charge is -2.29. The van der Waals surface area contributed by atoms with Gasteiger partial charge in [-0.1, -0.05) is 41.1 Å². The molecule has 124 valence electrons. The fourth-order valence-electron chi connectivity index (χ4n) is 3.28. The number of ether oxygens (including phenoxy) is 1. The number of nitrogens with one attached hydrogen (secondary N) is 1. The quantitative estimate of drug-likeness (QED) is 0.830. The van der Waals surface area contributed by atoms with E-state index in [0.717, 1.165) is 27.9 Å². The molecule has 0 fully saturated rings. The summed E-state index contributed by atoms with van der Waals surface area (Å²) in [7, 11) is 0. The van der Waals surface area contributed by atoms with Gasteiger partial charge in [0.15, 0.2) is 11.3 Å². The molecule has 2 aromatic carbocycles. The van der Waals surface area contributed by atoms with Gasteiger partial charge in [-0.15, -0.1) is 0 Å². The molecular weight excluding hydrogens is 370 g/mol. The second-order valence-electron chi connectivity index (χ2n) is 6.21. The van der Waals surface area contributed by atoms with Crippen molar-refractivity contribution in [3.8, 4) is 5.75 Å². The third-order valence-corrected chi connectivity index (χ3v) is 5.12. The van der Waals surface area contributed by atoms with E-state index in [0.29, 0.717) is 12.5 Å². The van der Waals surface area contributed by atoms with E-state index in [1.165, 1.54) is 5.56 Å². The van der Waals surface area contributed by atoms with Crippen LogP contribution < -0.4 is 16.1 Å². The molecule has 2 unspecified atom stereocenters. The Labute approximate surface area is 149 Å². The van der Waals surface area contributed by atoms with E-state index < -0.39 is 5.54 Å². The van der Waals surface area contributed by atoms with Crippen molar-refractivity contribution in [2.45, 2.75) is 18.4 Å². The number of hydrogen-bond acceptors (Lipinski definition) is 5. The SMILES string of the molecule is CC1CNOc2ccc(C3(c4cccc(Br)c4)COC(N)=N3)cc21. The predicted molar refractivity (Wildman–Crippen MR) is 96.0 cm³/mol. The number of halogens is 1. The predicted octanol–water partition coefficient (Wildman–Crippen LogP) is 3.04. The lowest BCUT2D eigenvalue weighted by molar-refractivity contribution is 0.168. The minimum Gasteiger partial charge on any atom is -0.462 e. The first-order chi connectivity index (χ1) is 11.6. The summed E-state index contributed by atoms with van der Waals surface area (Å²) in [5.74, 6) is 1.22. The number of nitrogens with zero attached hydrogens (tertiary/aromatic N) is 1. The van der Waals surface area contributed by atoms with Crippen LogP contribution in [0.15, 0.2) is 51.9 Å². The van der Waals surface area contributed by atoms with Crippen molar-refractivity contribution < 1.29 is 9.57 Å². The van der Waals surface area contributed by atoms with Gasteiger partial charge in [0, 0.05) is 22.5 Å². The molecule has 0 bridgehead atoms. The highest BCUT2D eigenvalue weighted by Gasteiger charge is 2.41. The van der Waals surface area contributed by atoms with Crippen LogP contribution in [0.25, 0.3) is 0 Å². The fraction of sp³-hybridized carbons (Fsp3) is 0.278. The third kappa shape index (κ3) is 2.46. The van der Waals surface area contributed by atoms with E-state index in [9.17, 15) is 0 Å². The lowest BCUT2D eigenvalue weighted by Crippen LogP contribution is -2.31. The summed E-state index contributed by atoms with van der Waals surface area (Å²) in [6.45, 7) is 3.34. The Balaban J connectivity index is 1.88. The van der Waals surface area contributed by atoms with Crippen molar-refractivity contribution >= 4 is 22.0 Å². The van der Waals surface area contributed by atoms with E-state index in [1.807, 2.05) is 24.3 Å². The maximum absolute atomic E-state index is 5.87. The van der Waals surface area contributed by atoms with Gasteiger partial charge in [-0.05, 0) is 35.4 Å². The van der Waals surface area contributed by atoms with E-state index in [4.69, 9.17) is 15.3 Å². The standard InChI is InChI=1S/C18H18BrN3O2/c1-11-9-21-24-16-6-5-13(8-15(11)16)18(10-23-17(20)22-18)12-3-2-4-14(19)7-12/h2-8,11,21H,9-10H2,1H3,(H2,20,22). The van der Waals surface area contributed by atoms with Gasteiger partial charge in [-0.2, -0.15) is 5.48 Å². The van der Waals surface area contributed by atoms with Gasteiger partial charge >= 0.3 is 0 Å². The summed E-state index contributed by atoms with van der Waals surface area (Å²) in [6, 6.07) is 14.5. The van der Waals surface area contributed by atoms with Crippen LogP contribution in [0.3, 0.4) is 0 Å². The highest BCUT2D eigenvalue weighted by molar-refractivity contribution is 9.10. The van der Waals surface area contributed by atoms with E-state index in [2.05, 4.69) is 51.5 Å². The van der Waals surface area contributed by atoms with Crippen LogP contribution in [0.2, 0.25) is 0 Å². The molecule has 0 radical (unpaired) electrons. The van der Waals surface area contributed by atoms with Crippen LogP contribution in [0, 0.1) is 0 Å². The number of fused-ring (bicyclic) bond motifs is 1. The van der Waals surface area contributed by atoms with E-state index in [-0.39, 0.29) is 6.02 Å². The summed E-state index contributed by atoms with van der Waals surface area (Å²) >= 11 is 3.54. The number of aliphatic imine (C=N–C) groups is 1. The average molecular weight is 388 g/mol. The van der Waals surface area contributed by atoms with Gasteiger partial charge < -0.3 is 15.3 Å². The molecule has 0 aliphatic carbocycles. The summed E-state index contributed by atoms with van der Waals surface area (Å²) in [5.41, 5.74) is 11.5. The average Bonchev–Trinajstić information content (AvgIpc) is 2.98. The van der Waals surface area contributed by atoms with Crippen LogP contribution >= 0.6 is 15.9 Å². The zero-order chi connectivity index (χ0) is 16.7. The molecule has 0 saturated heterocycles. The summed E-state index contributed by atoms with van der Waals surface area (Å²) in [4.78, 5) is 10.2. The highest BCUT2D eigenvalue weighted by atomic mass is 79.9. The molecule has 0 amide bonds. The first-order valence-electron chi connectivity index (χ1n) is 7.87. The van der Waals surface area contributed by atoms with Crippen LogP contribution in [0.1, 0.15) is 29.5 Å². The van der Waals surface area contributed by atoms with Gasteiger partial charge in [-0.25, -0.2) is 4.99 Å². The molecule has 0 saturated carbocycles. The second-order valence-corrected chi connectivity index (χ2v) is 7.13. The molecule has 2 aliphatic rings. The molecule has 2 atom stereocenters. The number of hydrogen-bond donors (Lipinski definition) is 2. The second kappa shape index (κ2) is 5.79. The van der Waals surface area contributed by atoms with Gasteiger partial charge in [0.2, 0.25) is 0 Å². The molecule has 0 spiro atoms. The minimum atomic E-state index is -0.631. The molecule has 2 aromatic rings. The molecule has 4 rings (SSSR count). The minimum absolute atomic E-state index is 0.221. The number of benzene rings is 2. The fourth-order valence-corrected chi connectivity index (χ4v) is 3.68. The van der Waals surface area contributed by atoms with Gasteiger partial charge in [0.05, 0.1) is 0 Å². The Hall–Kier alpha value is -2.05. The Morgan fingerprint density at radius 2 is 2.08 bits per heavy atom. The maximum Gasteiger partial charge on any atom is 0.283 e. The smallest absolute Gasteiger partial charge is 0.283 e. The first kappa shape index (κ1) is 15.5. The molecule has 2 heterocycles. The molecular formula is C18H18BrN3O2. The van der Waals surface area contributed by atoms with Crippen LogP contribution in [-0.2, 0) is 10.3 Å². The molecule has 0 aromatic heterocycles. The van der Waals surface area contributed by atoms with Crippen molar-refractivity contribution in [3.63, 3.8) is 0 Å². The van der Waals surface area contributed by atoms with Crippen molar-refractivity contribution in [2.24, 2.45) is 10.7 Å². The van der Waals surface area contributed by atoms with E-state index >= 15 is 0 Å². The number of hydroxylamine groups is 1. The molecule has 5 nitrogen and oxygen atoms in total. The molecule has 6 heteroatoms. The highest BCUT2D eigenvalue weighted by Crippen LogP contribution is 2.41. The summed E-state index contributed by atoms with van der Waals surface area (Å²) < 4.78 is 6.56. The Bertz CT molecular complexity index is 824. The van der Waals surface area contributed by atoms with Crippen molar-refractivity contribution in [1.29, 1.82) is 0 Å². The molecule has 2 aliphatic heterocycles. The molecule has 3 N–H and O–H groups in total. The van der Waals surface area contributed by atoms with Crippen molar-refractivity contribution in [2.75, 3.05) is 13.2 Å². The third-order valence-electron chi connectivity index (χ3n) is 4.62. The number of amidine groups is 1. The largest absolute Gasteiger partial charge is 0.462 e. The van der Waals surface area contributed by atoms with Crippen LogP contribution in [0.4, 0.5) is 0 Å². The zero-order valence-corrected chi connectivity index (χ0v) is 14.8. The number of nitrogens with two attached hydrogens (primary N) is 1. The maximum atomic E-state index is 5.87. The number of rotatable bonds is 2. The zero-order valence-electron chi connectivity index (χ0n) is 13.3. The Morgan fingerprint density at radius 1 is 1.25 bits per heavy atom. The lowest BCUT2D eigenvalue weighted by atomic mass is 9.82. The summed E-state index contributed by atoms with van der Waals surface area (Å²) in [5, 5.41) is 0. The van der Waals surface area contributed by atoms with Gasteiger partial charge in [0.25, 0.3) is 6.02 Å². The first-order valence-corrected chi connectivity index (χ1v) is 8.66. The van der Waals surface area contributed by atoms with Gasteiger partial charge in [0.1, 0.15) is 6.61 Å². The van der Waals surface area contributed by atoms with Crippen LogP contribution in [-0.4, -0.2) is 19.2 Å². The normalized spacial score (nSPS) is 25.4. The Morgan fingerprint density at radius 3 is 2.83 bits per heavy atom. The van der Waals surface area contributed by atoms with Gasteiger partial charge in [-0.3, -0.25) is 0 Å². The van der Waals surface area contributed by atoms with E-state index in [1.54, 1.807) is 0 Å². The van der Waals surface area contributed by atoms with Crippen molar-refractivity contribution in [3.05, 3.63) is 63.6 Å². The summed E-state index contributed by atoms with van der Waals surface area (Å²) in [6.07, 6.45) is 0. The Kier molecular flexibility index (Phi) is 3.73. The van der Waals surface area contributed by atoms with Crippen molar-refractivity contribution in [1.82, 2.24) is 5.48 Å². The molecule has 24 heavy (non-hydrogen) atoms. The van der Waals surface area contributed by atoms with Crippen LogP contribution in [0.5, 0.6) is 5.75 Å².